The van der Waals surface area contributed by atoms with Gasteiger partial charge in [0.05, 0.1) is 19.8 Å². The Morgan fingerprint density at radius 3 is 0.900 bits per heavy atom. The molecule has 0 aromatic carbocycles. The third kappa shape index (κ3) is 11.0. The van der Waals surface area contributed by atoms with Crippen LogP contribution in [0, 0.1) is 0 Å². The number of hydrogen-bond donors (Lipinski definition) is 0. The smallest absolute Gasteiger partial charge is 0.867 e. The number of ether oxygens (including phenoxy) is 3. The van der Waals surface area contributed by atoms with E-state index in [0.717, 1.165) is 0 Å². The summed E-state index contributed by atoms with van der Waals surface area (Å²) in [4.78, 5) is 66.0. The minimum Gasteiger partial charge on any atom is -0.867 e. The standard InChI is InChI=1S/3C9H12O4.Fe/c3*1-2-13-9(12)8(11)6-4-3-5-7(6)10;/h3*11H,2-5H2,1H3;/q;;;+3/p-3/b3*8-6-;. The number of esters is 3. The number of Topliss-reactive ketones (excluding diaryl/α,β-unsaturated/α-hetero) is 3. The van der Waals surface area contributed by atoms with Crippen molar-refractivity contribution in [3.63, 3.8) is 0 Å². The Hall–Kier alpha value is -3.44. The largest absolute Gasteiger partial charge is 3.00 e. The first-order chi connectivity index (χ1) is 18.5. The number of rotatable bonds is 6. The normalized spacial score (nSPS) is 19.7. The van der Waals surface area contributed by atoms with Gasteiger partial charge in [0.1, 0.15) is 0 Å². The van der Waals surface area contributed by atoms with Crippen molar-refractivity contribution in [2.75, 3.05) is 19.8 Å². The number of carbonyl (C=O) groups is 6. The van der Waals surface area contributed by atoms with Crippen LogP contribution in [-0.2, 0) is 60.0 Å². The fourth-order valence-electron chi connectivity index (χ4n) is 3.83. The van der Waals surface area contributed by atoms with Crippen molar-refractivity contribution in [3.05, 3.63) is 34.0 Å². The predicted octanol–water partition coefficient (Wildman–Crippen LogP) is -0.252. The quantitative estimate of drug-likeness (QED) is 0.127. The molecular weight excluding hydrogens is 572 g/mol. The molecule has 3 aliphatic rings. The Balaban J connectivity index is 0.000000563. The van der Waals surface area contributed by atoms with Gasteiger partial charge in [0, 0.05) is 19.3 Å². The van der Waals surface area contributed by atoms with E-state index in [1.807, 2.05) is 0 Å². The van der Waals surface area contributed by atoms with Gasteiger partial charge in [0.25, 0.3) is 0 Å². The first kappa shape index (κ1) is 36.6. The molecular formula is C27H33FeO12. The second kappa shape index (κ2) is 18.8. The van der Waals surface area contributed by atoms with Crippen molar-refractivity contribution in [2.45, 2.75) is 78.6 Å². The summed E-state index contributed by atoms with van der Waals surface area (Å²) >= 11 is 0. The van der Waals surface area contributed by atoms with E-state index in [1.165, 1.54) is 0 Å². The molecule has 0 unspecified atom stereocenters. The Labute approximate surface area is 242 Å². The molecule has 3 fully saturated rings. The van der Waals surface area contributed by atoms with Crippen LogP contribution in [0.5, 0.6) is 0 Å². The van der Waals surface area contributed by atoms with Gasteiger partial charge in [-0.25, -0.2) is 14.4 Å². The summed E-state index contributed by atoms with van der Waals surface area (Å²) < 4.78 is 13.5. The average Bonchev–Trinajstić information content (AvgIpc) is 3.65. The summed E-state index contributed by atoms with van der Waals surface area (Å²) in [5, 5.41) is 33.6. The van der Waals surface area contributed by atoms with E-state index >= 15 is 0 Å². The molecule has 0 bridgehead atoms. The first-order valence-electron chi connectivity index (χ1n) is 12.8. The number of ketones is 3. The van der Waals surface area contributed by atoms with Crippen LogP contribution in [0.4, 0.5) is 0 Å². The summed E-state index contributed by atoms with van der Waals surface area (Å²) in [7, 11) is 0. The number of hydrogen-bond acceptors (Lipinski definition) is 12. The molecule has 0 heterocycles. The Bertz CT molecular complexity index is 934. The van der Waals surface area contributed by atoms with Crippen LogP contribution in [0.3, 0.4) is 0 Å². The summed E-state index contributed by atoms with van der Waals surface area (Å²) in [6.07, 6.45) is 4.36. The van der Waals surface area contributed by atoms with Crippen LogP contribution in [0.2, 0.25) is 0 Å². The van der Waals surface area contributed by atoms with Gasteiger partial charge in [0.15, 0.2) is 17.3 Å². The van der Waals surface area contributed by atoms with Gasteiger partial charge in [-0.3, -0.25) is 14.4 Å². The van der Waals surface area contributed by atoms with Crippen molar-refractivity contribution >= 4 is 35.3 Å². The van der Waals surface area contributed by atoms with Gasteiger partial charge in [-0.05, 0) is 93.3 Å². The monoisotopic (exact) mass is 605 g/mol. The Morgan fingerprint density at radius 1 is 0.525 bits per heavy atom. The van der Waals surface area contributed by atoms with Crippen molar-refractivity contribution in [3.8, 4) is 0 Å². The van der Waals surface area contributed by atoms with E-state index < -0.39 is 35.2 Å². The number of allylic oxidation sites excluding steroid dienone is 3. The van der Waals surface area contributed by atoms with Crippen molar-refractivity contribution in [1.82, 2.24) is 0 Å². The van der Waals surface area contributed by atoms with Gasteiger partial charge >= 0.3 is 35.0 Å². The maximum Gasteiger partial charge on any atom is 3.00 e. The summed E-state index contributed by atoms with van der Waals surface area (Å²) in [5.74, 6) is -5.64. The Morgan fingerprint density at radius 2 is 0.750 bits per heavy atom. The van der Waals surface area contributed by atoms with Crippen LogP contribution < -0.4 is 15.3 Å². The summed E-state index contributed by atoms with van der Waals surface area (Å²) in [5.41, 5.74) is 0.329. The molecule has 40 heavy (non-hydrogen) atoms. The molecule has 3 saturated carbocycles. The van der Waals surface area contributed by atoms with Crippen molar-refractivity contribution < 1.29 is 75.4 Å². The third-order valence-electron chi connectivity index (χ3n) is 5.71. The van der Waals surface area contributed by atoms with Crippen LogP contribution in [0.15, 0.2) is 34.0 Å². The van der Waals surface area contributed by atoms with Gasteiger partial charge in [-0.15, -0.1) is 0 Å². The molecule has 0 spiro atoms. The van der Waals surface area contributed by atoms with Crippen molar-refractivity contribution in [1.29, 1.82) is 0 Å². The molecule has 0 saturated heterocycles. The molecule has 0 N–H and O–H groups in total. The van der Waals surface area contributed by atoms with Gasteiger partial charge in [-0.1, -0.05) is 0 Å². The zero-order valence-electron chi connectivity index (χ0n) is 22.7. The van der Waals surface area contributed by atoms with E-state index in [2.05, 4.69) is 14.2 Å². The molecule has 3 aliphatic carbocycles. The second-order valence-electron chi connectivity index (χ2n) is 8.41. The molecule has 0 amide bonds. The summed E-state index contributed by atoms with van der Waals surface area (Å²) in [6.45, 7) is 5.33. The molecule has 13 heteroatoms. The molecule has 1 radical (unpaired) electrons. The van der Waals surface area contributed by atoms with Crippen LogP contribution in [0.1, 0.15) is 78.6 Å². The van der Waals surface area contributed by atoms with Crippen LogP contribution in [0.25, 0.3) is 0 Å². The minimum absolute atomic E-state index is 0. The SMILES string of the molecule is CCOC(=O)/C([O-])=C1\CCCC1=O.CCOC(=O)/C([O-])=C1\CCCC1=O.CCOC(=O)/C([O-])=C1\CCCC1=O.[Fe+3]. The molecule has 0 atom stereocenters. The topological polar surface area (TPSA) is 199 Å². The molecule has 12 nitrogen and oxygen atoms in total. The van der Waals surface area contributed by atoms with Gasteiger partial charge in [0.2, 0.25) is 0 Å². The molecule has 3 rings (SSSR count). The van der Waals surface area contributed by atoms with E-state index in [4.69, 9.17) is 0 Å². The minimum atomic E-state index is -0.909. The predicted molar refractivity (Wildman–Crippen MR) is 128 cm³/mol. The third-order valence-corrected chi connectivity index (χ3v) is 5.71. The van der Waals surface area contributed by atoms with Crippen LogP contribution in [-0.4, -0.2) is 55.1 Å². The number of carbonyl (C=O) groups excluding carboxylic acids is 6. The first-order valence-corrected chi connectivity index (χ1v) is 12.8. The maximum absolute atomic E-state index is 11.2. The molecule has 0 aromatic heterocycles. The molecule has 0 aliphatic heterocycles. The maximum atomic E-state index is 11.2. The summed E-state index contributed by atoms with van der Waals surface area (Å²) in [6, 6.07) is 0. The Kier molecular flexibility index (Phi) is 17.2. The van der Waals surface area contributed by atoms with Crippen molar-refractivity contribution in [2.24, 2.45) is 0 Å². The van der Waals surface area contributed by atoms with E-state index in [1.54, 1.807) is 20.8 Å². The molecule has 0 aromatic rings. The zero-order valence-corrected chi connectivity index (χ0v) is 23.8. The fraction of sp³-hybridized carbons (Fsp3) is 0.556. The van der Waals surface area contributed by atoms with E-state index in [9.17, 15) is 44.1 Å². The second-order valence-corrected chi connectivity index (χ2v) is 8.41. The van der Waals surface area contributed by atoms with Crippen LogP contribution >= 0.6 is 0 Å². The average molecular weight is 605 g/mol. The van der Waals surface area contributed by atoms with E-state index in [0.29, 0.717) is 57.8 Å². The fourth-order valence-corrected chi connectivity index (χ4v) is 3.83. The van der Waals surface area contributed by atoms with Gasteiger partial charge in [-0.2, -0.15) is 0 Å². The van der Waals surface area contributed by atoms with Gasteiger partial charge < -0.3 is 29.5 Å². The zero-order chi connectivity index (χ0) is 29.5. The molecule has 221 valence electrons. The van der Waals surface area contributed by atoms with E-state index in [-0.39, 0.29) is 71.0 Å².